The van der Waals surface area contributed by atoms with Crippen molar-refractivity contribution in [3.63, 3.8) is 0 Å². The summed E-state index contributed by atoms with van der Waals surface area (Å²) >= 11 is 0. The summed E-state index contributed by atoms with van der Waals surface area (Å²) in [5.41, 5.74) is 2.00. The van der Waals surface area contributed by atoms with Crippen molar-refractivity contribution in [3.8, 4) is 0 Å². The molecule has 2 aromatic heterocycles. The Hall–Kier alpha value is -1.88. The first-order valence-corrected chi connectivity index (χ1v) is 9.46. The third-order valence-electron chi connectivity index (χ3n) is 5.26. The Labute approximate surface area is 150 Å². The van der Waals surface area contributed by atoms with Crippen LogP contribution in [0.3, 0.4) is 0 Å². The van der Waals surface area contributed by atoms with E-state index >= 15 is 0 Å². The lowest BCUT2D eigenvalue weighted by atomic mass is 9.96. The lowest BCUT2D eigenvalue weighted by Gasteiger charge is -2.34. The molecule has 1 saturated heterocycles. The van der Waals surface area contributed by atoms with Crippen LogP contribution in [0, 0.1) is 5.92 Å². The molecule has 1 N–H and O–H groups in total. The van der Waals surface area contributed by atoms with Gasteiger partial charge in [0.25, 0.3) is 5.91 Å². The maximum absolute atomic E-state index is 12.7. The van der Waals surface area contributed by atoms with Crippen molar-refractivity contribution in [2.24, 2.45) is 5.92 Å². The van der Waals surface area contributed by atoms with E-state index in [1.54, 1.807) is 0 Å². The first kappa shape index (κ1) is 17.9. The maximum Gasteiger partial charge on any atom is 0.287 e. The molecule has 1 aliphatic heterocycles. The summed E-state index contributed by atoms with van der Waals surface area (Å²) < 4.78 is 1.91. The van der Waals surface area contributed by atoms with Crippen LogP contribution in [0.15, 0.2) is 24.4 Å². The van der Waals surface area contributed by atoms with Crippen molar-refractivity contribution in [1.82, 2.24) is 19.6 Å². The van der Waals surface area contributed by atoms with Crippen LogP contribution < -0.4 is 5.32 Å². The second-order valence-corrected chi connectivity index (χ2v) is 7.71. The van der Waals surface area contributed by atoms with Crippen molar-refractivity contribution in [3.05, 3.63) is 35.9 Å². The molecule has 5 heteroatoms. The van der Waals surface area contributed by atoms with Gasteiger partial charge in [0, 0.05) is 18.8 Å². The smallest absolute Gasteiger partial charge is 0.287 e. The average Bonchev–Trinajstić information content (AvgIpc) is 3.00. The largest absolute Gasteiger partial charge is 0.349 e. The van der Waals surface area contributed by atoms with E-state index in [4.69, 9.17) is 0 Å². The number of carbonyl (C=O) groups is 1. The average molecular weight is 342 g/mol. The topological polar surface area (TPSA) is 49.6 Å². The fraction of sp³-hybridized carbons (Fsp3) is 0.600. The van der Waals surface area contributed by atoms with Gasteiger partial charge >= 0.3 is 0 Å². The van der Waals surface area contributed by atoms with E-state index in [9.17, 15) is 4.79 Å². The van der Waals surface area contributed by atoms with Gasteiger partial charge in [0.05, 0.1) is 11.2 Å². The van der Waals surface area contributed by atoms with Crippen molar-refractivity contribution >= 4 is 11.4 Å². The van der Waals surface area contributed by atoms with Crippen LogP contribution in [0.4, 0.5) is 0 Å². The van der Waals surface area contributed by atoms with Crippen LogP contribution in [0.1, 0.15) is 62.8 Å². The lowest BCUT2D eigenvalue weighted by Crippen LogP contribution is -2.41. The molecule has 3 rings (SSSR count). The van der Waals surface area contributed by atoms with Crippen molar-refractivity contribution < 1.29 is 4.79 Å². The van der Waals surface area contributed by atoms with Gasteiger partial charge in [-0.2, -0.15) is 0 Å². The van der Waals surface area contributed by atoms with Crippen LogP contribution in [-0.2, 0) is 0 Å². The second-order valence-electron chi connectivity index (χ2n) is 7.71. The molecular formula is C20H30N4O. The molecule has 0 bridgehead atoms. The summed E-state index contributed by atoms with van der Waals surface area (Å²) in [7, 11) is 0. The first-order chi connectivity index (χ1) is 12.0. The number of aromatic nitrogens is 2. The van der Waals surface area contributed by atoms with Crippen LogP contribution in [0.2, 0.25) is 0 Å². The number of fused-ring (bicyclic) bond motifs is 1. The zero-order valence-corrected chi connectivity index (χ0v) is 15.8. The number of hydrogen-bond acceptors (Lipinski definition) is 3. The van der Waals surface area contributed by atoms with Gasteiger partial charge in [0.15, 0.2) is 0 Å². The third kappa shape index (κ3) is 3.87. The number of imidazole rings is 1. The molecule has 0 unspecified atom stereocenters. The van der Waals surface area contributed by atoms with E-state index in [2.05, 4.69) is 42.9 Å². The molecule has 25 heavy (non-hydrogen) atoms. The molecule has 1 fully saturated rings. The molecular weight excluding hydrogens is 312 g/mol. The summed E-state index contributed by atoms with van der Waals surface area (Å²) in [6.45, 7) is 11.7. The predicted octanol–water partition coefficient (Wildman–Crippen LogP) is 3.31. The molecule has 0 saturated carbocycles. The Morgan fingerprint density at radius 2 is 1.96 bits per heavy atom. The second kappa shape index (κ2) is 7.56. The van der Waals surface area contributed by atoms with Gasteiger partial charge in [-0.1, -0.05) is 19.9 Å². The van der Waals surface area contributed by atoms with Crippen LogP contribution in [0.25, 0.3) is 5.52 Å². The van der Waals surface area contributed by atoms with Gasteiger partial charge in [-0.3, -0.25) is 9.20 Å². The lowest BCUT2D eigenvalue weighted by molar-refractivity contribution is 0.0919. The van der Waals surface area contributed by atoms with Crippen LogP contribution in [0.5, 0.6) is 0 Å². The van der Waals surface area contributed by atoms with E-state index in [-0.39, 0.29) is 5.91 Å². The standard InChI is InChI=1S/C20H30N4O/c1-14(2)18-17-7-5-6-10-24(17)19(22-18)20(25)21-13-16-8-11-23(12-9-16)15(3)4/h5-7,10,14-16H,8-9,11-13H2,1-4H3,(H,21,25). The Morgan fingerprint density at radius 3 is 2.60 bits per heavy atom. The monoisotopic (exact) mass is 342 g/mol. The van der Waals surface area contributed by atoms with Gasteiger partial charge in [-0.05, 0) is 63.7 Å². The highest BCUT2D eigenvalue weighted by atomic mass is 16.2. The molecule has 0 aliphatic carbocycles. The Bertz CT molecular complexity index is 726. The minimum Gasteiger partial charge on any atom is -0.349 e. The zero-order valence-electron chi connectivity index (χ0n) is 15.8. The molecule has 0 aromatic carbocycles. The Balaban J connectivity index is 1.65. The number of amides is 1. The van der Waals surface area contributed by atoms with Crippen molar-refractivity contribution in [1.29, 1.82) is 0 Å². The molecule has 0 radical (unpaired) electrons. The zero-order chi connectivity index (χ0) is 18.0. The predicted molar refractivity (Wildman–Crippen MR) is 101 cm³/mol. The van der Waals surface area contributed by atoms with Crippen molar-refractivity contribution in [2.45, 2.75) is 52.5 Å². The van der Waals surface area contributed by atoms with Crippen LogP contribution in [-0.4, -0.2) is 45.9 Å². The summed E-state index contributed by atoms with van der Waals surface area (Å²) in [6.07, 6.45) is 4.22. The van der Waals surface area contributed by atoms with E-state index in [0.29, 0.717) is 23.7 Å². The summed E-state index contributed by atoms with van der Waals surface area (Å²) in [5.74, 6) is 1.28. The Kier molecular flexibility index (Phi) is 5.42. The molecule has 0 atom stereocenters. The minimum absolute atomic E-state index is 0.0700. The first-order valence-electron chi connectivity index (χ1n) is 9.46. The highest BCUT2D eigenvalue weighted by Gasteiger charge is 2.23. The van der Waals surface area contributed by atoms with Gasteiger partial charge in [0.2, 0.25) is 5.82 Å². The minimum atomic E-state index is -0.0700. The number of rotatable bonds is 5. The molecule has 0 spiro atoms. The van der Waals surface area contributed by atoms with Crippen LogP contribution >= 0.6 is 0 Å². The highest BCUT2D eigenvalue weighted by molar-refractivity contribution is 5.92. The van der Waals surface area contributed by atoms with Gasteiger partial charge < -0.3 is 10.2 Å². The van der Waals surface area contributed by atoms with E-state index in [1.165, 1.54) is 0 Å². The number of hydrogen-bond donors (Lipinski definition) is 1. The molecule has 3 heterocycles. The van der Waals surface area contributed by atoms with E-state index in [0.717, 1.165) is 43.7 Å². The summed E-state index contributed by atoms with van der Waals surface area (Å²) in [6, 6.07) is 6.58. The summed E-state index contributed by atoms with van der Waals surface area (Å²) in [5, 5.41) is 3.12. The van der Waals surface area contributed by atoms with Gasteiger partial charge in [-0.15, -0.1) is 0 Å². The number of pyridine rings is 1. The molecule has 1 aliphatic rings. The molecule has 2 aromatic rings. The number of nitrogens with one attached hydrogen (secondary N) is 1. The molecule has 136 valence electrons. The SMILES string of the molecule is CC(C)c1nc(C(=O)NCC2CCN(C(C)C)CC2)n2ccccc12. The quantitative estimate of drug-likeness (QED) is 0.907. The molecule has 5 nitrogen and oxygen atoms in total. The molecule has 1 amide bonds. The fourth-order valence-electron chi connectivity index (χ4n) is 3.64. The van der Waals surface area contributed by atoms with E-state index < -0.39 is 0 Å². The Morgan fingerprint density at radius 1 is 1.24 bits per heavy atom. The van der Waals surface area contributed by atoms with Gasteiger partial charge in [0.1, 0.15) is 0 Å². The maximum atomic E-state index is 12.7. The van der Waals surface area contributed by atoms with E-state index in [1.807, 2.05) is 28.8 Å². The number of carbonyl (C=O) groups excluding carboxylic acids is 1. The number of likely N-dealkylation sites (tertiary alicyclic amines) is 1. The third-order valence-corrected chi connectivity index (χ3v) is 5.26. The van der Waals surface area contributed by atoms with Crippen molar-refractivity contribution in [2.75, 3.05) is 19.6 Å². The number of piperidine rings is 1. The normalized spacial score (nSPS) is 16.9. The summed E-state index contributed by atoms with van der Waals surface area (Å²) in [4.78, 5) is 19.8. The number of nitrogens with zero attached hydrogens (tertiary/aromatic N) is 3. The fourth-order valence-corrected chi connectivity index (χ4v) is 3.64. The highest BCUT2D eigenvalue weighted by Crippen LogP contribution is 2.21. The van der Waals surface area contributed by atoms with Gasteiger partial charge in [-0.25, -0.2) is 4.98 Å².